The summed E-state index contributed by atoms with van der Waals surface area (Å²) in [5, 5.41) is 7.42. The maximum atomic E-state index is 12.0. The number of aliphatic carboxylic acids is 1. The molecule has 6 nitrogen and oxygen atoms in total. The Kier molecular flexibility index (Phi) is 5.55. The first-order chi connectivity index (χ1) is 8.39. The average Bonchev–Trinajstić information content (AvgIpc) is 2.35. The van der Waals surface area contributed by atoms with Crippen LogP contribution in [0.1, 0.15) is 33.1 Å². The molecule has 0 saturated carbocycles. The van der Waals surface area contributed by atoms with E-state index in [0.29, 0.717) is 19.6 Å². The zero-order valence-corrected chi connectivity index (χ0v) is 11.6. The maximum Gasteiger partial charge on any atom is 0.323 e. The number of carbonyl (C=O) groups is 1. The molecule has 1 saturated heterocycles. The van der Waals surface area contributed by atoms with Crippen LogP contribution in [0.4, 0.5) is 0 Å². The minimum atomic E-state index is -3.77. The standard InChI is InChI=1S/C11H21NO5S/c1-3-7-17-10-5-4-6-12(8-10)18(15,16)9(2)11(13)14/h9-10H,3-8H2,1-2H3,(H,13,14). The fourth-order valence-electron chi connectivity index (χ4n) is 1.91. The van der Waals surface area contributed by atoms with Gasteiger partial charge in [-0.05, 0) is 26.2 Å². The van der Waals surface area contributed by atoms with E-state index in [0.717, 1.165) is 12.8 Å². The lowest BCUT2D eigenvalue weighted by atomic mass is 10.1. The highest BCUT2D eigenvalue weighted by Gasteiger charge is 2.36. The number of hydrogen-bond donors (Lipinski definition) is 1. The summed E-state index contributed by atoms with van der Waals surface area (Å²) in [6, 6.07) is 0. The Balaban J connectivity index is 2.68. The Hall–Kier alpha value is -0.660. The van der Waals surface area contributed by atoms with Crippen LogP contribution < -0.4 is 0 Å². The number of ether oxygens (including phenoxy) is 1. The summed E-state index contributed by atoms with van der Waals surface area (Å²) < 4.78 is 30.9. The molecule has 0 bridgehead atoms. The van der Waals surface area contributed by atoms with Crippen molar-refractivity contribution in [3.63, 3.8) is 0 Å². The number of nitrogens with zero attached hydrogens (tertiary/aromatic N) is 1. The van der Waals surface area contributed by atoms with Crippen molar-refractivity contribution >= 4 is 16.0 Å². The molecule has 7 heteroatoms. The number of rotatable bonds is 6. The first-order valence-corrected chi connectivity index (χ1v) is 7.73. The smallest absolute Gasteiger partial charge is 0.323 e. The molecule has 1 N–H and O–H groups in total. The van der Waals surface area contributed by atoms with Crippen molar-refractivity contribution in [1.29, 1.82) is 0 Å². The molecule has 106 valence electrons. The van der Waals surface area contributed by atoms with E-state index in [2.05, 4.69) is 0 Å². The lowest BCUT2D eigenvalue weighted by molar-refractivity contribution is -0.136. The van der Waals surface area contributed by atoms with E-state index in [1.165, 1.54) is 11.2 Å². The van der Waals surface area contributed by atoms with Crippen molar-refractivity contribution in [1.82, 2.24) is 4.31 Å². The molecule has 0 amide bonds. The number of hydrogen-bond acceptors (Lipinski definition) is 4. The van der Waals surface area contributed by atoms with Crippen molar-refractivity contribution in [2.45, 2.75) is 44.5 Å². The molecule has 1 heterocycles. The monoisotopic (exact) mass is 279 g/mol. The minimum absolute atomic E-state index is 0.116. The van der Waals surface area contributed by atoms with Crippen LogP contribution in [0.15, 0.2) is 0 Å². The van der Waals surface area contributed by atoms with Crippen molar-refractivity contribution in [2.75, 3.05) is 19.7 Å². The number of carboxylic acids is 1. The second kappa shape index (κ2) is 6.49. The molecule has 0 radical (unpaired) electrons. The molecule has 0 aromatic heterocycles. The van der Waals surface area contributed by atoms with Gasteiger partial charge in [0.05, 0.1) is 6.10 Å². The van der Waals surface area contributed by atoms with E-state index in [1.54, 1.807) is 0 Å². The first-order valence-electron chi connectivity index (χ1n) is 6.23. The topological polar surface area (TPSA) is 83.9 Å². The van der Waals surface area contributed by atoms with Gasteiger partial charge in [0.2, 0.25) is 10.0 Å². The summed E-state index contributed by atoms with van der Waals surface area (Å²) >= 11 is 0. The fraction of sp³-hybridized carbons (Fsp3) is 0.909. The summed E-state index contributed by atoms with van der Waals surface area (Å²) in [5.41, 5.74) is 0. The molecule has 2 unspecified atom stereocenters. The van der Waals surface area contributed by atoms with Gasteiger partial charge in [-0.3, -0.25) is 4.79 Å². The Morgan fingerprint density at radius 2 is 2.22 bits per heavy atom. The molecule has 1 rings (SSSR count). The largest absolute Gasteiger partial charge is 0.480 e. The first kappa shape index (κ1) is 15.4. The van der Waals surface area contributed by atoms with Gasteiger partial charge in [-0.15, -0.1) is 0 Å². The molecule has 1 aliphatic heterocycles. The van der Waals surface area contributed by atoms with Crippen LogP contribution in [0.3, 0.4) is 0 Å². The van der Waals surface area contributed by atoms with Crippen molar-refractivity contribution < 1.29 is 23.1 Å². The Morgan fingerprint density at radius 3 is 2.78 bits per heavy atom. The Morgan fingerprint density at radius 1 is 1.56 bits per heavy atom. The molecule has 0 aromatic rings. The van der Waals surface area contributed by atoms with E-state index >= 15 is 0 Å². The zero-order valence-electron chi connectivity index (χ0n) is 10.8. The van der Waals surface area contributed by atoms with Crippen molar-refractivity contribution in [2.24, 2.45) is 0 Å². The van der Waals surface area contributed by atoms with Crippen molar-refractivity contribution in [3.05, 3.63) is 0 Å². The summed E-state index contributed by atoms with van der Waals surface area (Å²) in [6.07, 6.45) is 2.30. The van der Waals surface area contributed by atoms with Gasteiger partial charge >= 0.3 is 5.97 Å². The van der Waals surface area contributed by atoms with Crippen LogP contribution in [0.5, 0.6) is 0 Å². The number of piperidine rings is 1. The summed E-state index contributed by atoms with van der Waals surface area (Å²) in [4.78, 5) is 10.8. The van der Waals surface area contributed by atoms with Crippen LogP contribution in [-0.4, -0.2) is 54.8 Å². The minimum Gasteiger partial charge on any atom is -0.480 e. The van der Waals surface area contributed by atoms with Gasteiger partial charge in [0, 0.05) is 19.7 Å². The Labute approximate surface area is 108 Å². The maximum absolute atomic E-state index is 12.0. The third-order valence-corrected chi connectivity index (χ3v) is 5.20. The zero-order chi connectivity index (χ0) is 13.8. The van der Waals surface area contributed by atoms with Crippen LogP contribution in [-0.2, 0) is 19.6 Å². The average molecular weight is 279 g/mol. The highest BCUT2D eigenvalue weighted by molar-refractivity contribution is 7.90. The number of sulfonamides is 1. The molecule has 0 aliphatic carbocycles. The fourth-order valence-corrected chi connectivity index (χ4v) is 3.37. The molecular weight excluding hydrogens is 258 g/mol. The molecule has 2 atom stereocenters. The lowest BCUT2D eigenvalue weighted by Crippen LogP contribution is -2.48. The van der Waals surface area contributed by atoms with Crippen LogP contribution in [0, 0.1) is 0 Å². The molecule has 1 aliphatic rings. The molecule has 0 spiro atoms. The summed E-state index contributed by atoms with van der Waals surface area (Å²) in [5.74, 6) is -1.31. The van der Waals surface area contributed by atoms with Crippen LogP contribution in [0.2, 0.25) is 0 Å². The van der Waals surface area contributed by atoms with Gasteiger partial charge in [0.1, 0.15) is 0 Å². The SMILES string of the molecule is CCCOC1CCCN(S(=O)(=O)C(C)C(=O)O)C1. The summed E-state index contributed by atoms with van der Waals surface area (Å²) in [6.45, 7) is 4.44. The van der Waals surface area contributed by atoms with Gasteiger partial charge in [-0.2, -0.15) is 4.31 Å². The van der Waals surface area contributed by atoms with Gasteiger partial charge in [-0.1, -0.05) is 6.92 Å². The van der Waals surface area contributed by atoms with E-state index in [9.17, 15) is 13.2 Å². The number of carboxylic acid groups (broad SMARTS) is 1. The molecule has 0 aromatic carbocycles. The highest BCUT2D eigenvalue weighted by Crippen LogP contribution is 2.19. The molecular formula is C11H21NO5S. The molecule has 1 fully saturated rings. The van der Waals surface area contributed by atoms with Gasteiger partial charge in [0.25, 0.3) is 0 Å². The predicted octanol–water partition coefficient (Wildman–Crippen LogP) is 0.680. The second-order valence-electron chi connectivity index (χ2n) is 4.52. The second-order valence-corrected chi connectivity index (χ2v) is 6.77. The summed E-state index contributed by atoms with van der Waals surface area (Å²) in [7, 11) is -3.77. The van der Waals surface area contributed by atoms with E-state index in [-0.39, 0.29) is 12.6 Å². The third-order valence-electron chi connectivity index (χ3n) is 3.05. The van der Waals surface area contributed by atoms with Gasteiger partial charge < -0.3 is 9.84 Å². The van der Waals surface area contributed by atoms with Crippen LogP contribution >= 0.6 is 0 Å². The highest BCUT2D eigenvalue weighted by atomic mass is 32.2. The molecule has 18 heavy (non-hydrogen) atoms. The normalized spacial score (nSPS) is 23.8. The van der Waals surface area contributed by atoms with Gasteiger partial charge in [-0.25, -0.2) is 8.42 Å². The quantitative estimate of drug-likeness (QED) is 0.773. The van der Waals surface area contributed by atoms with Crippen molar-refractivity contribution in [3.8, 4) is 0 Å². The lowest BCUT2D eigenvalue weighted by Gasteiger charge is -2.32. The van der Waals surface area contributed by atoms with E-state index in [4.69, 9.17) is 9.84 Å². The third kappa shape index (κ3) is 3.66. The predicted molar refractivity (Wildman–Crippen MR) is 66.9 cm³/mol. The van der Waals surface area contributed by atoms with E-state index in [1.807, 2.05) is 6.92 Å². The van der Waals surface area contributed by atoms with Crippen LogP contribution in [0.25, 0.3) is 0 Å². The van der Waals surface area contributed by atoms with Gasteiger partial charge in [0.15, 0.2) is 5.25 Å². The van der Waals surface area contributed by atoms with E-state index < -0.39 is 21.2 Å². The Bertz CT molecular complexity index is 381.